The van der Waals surface area contributed by atoms with E-state index in [2.05, 4.69) is 0 Å². The standard InChI is InChI=1S/C23H20N2O/c1-16(24)21-15-18-11-8-14-20(17-9-4-2-5-10-17)22(18)23(26)25(21)19-12-6-3-7-13-19/h2-16H,24H2,1H3. The Balaban J connectivity index is 2.13. The second-order valence-corrected chi connectivity index (χ2v) is 6.47. The van der Waals surface area contributed by atoms with Gasteiger partial charge in [-0.1, -0.05) is 66.7 Å². The molecule has 0 aliphatic heterocycles. The van der Waals surface area contributed by atoms with E-state index in [4.69, 9.17) is 5.73 Å². The molecule has 4 rings (SSSR count). The molecule has 3 heteroatoms. The van der Waals surface area contributed by atoms with Gasteiger partial charge in [-0.25, -0.2) is 0 Å². The lowest BCUT2D eigenvalue weighted by Gasteiger charge is -2.18. The zero-order valence-electron chi connectivity index (χ0n) is 14.6. The SMILES string of the molecule is CC(N)c1cc2cccc(-c3ccccc3)c2c(=O)n1-c1ccccc1. The van der Waals surface area contributed by atoms with Gasteiger partial charge in [0.05, 0.1) is 5.39 Å². The lowest BCUT2D eigenvalue weighted by Crippen LogP contribution is -2.26. The molecule has 0 saturated heterocycles. The molecular formula is C23H20N2O. The van der Waals surface area contributed by atoms with Crippen molar-refractivity contribution in [1.82, 2.24) is 4.57 Å². The van der Waals surface area contributed by atoms with Crippen molar-refractivity contribution in [3.8, 4) is 16.8 Å². The van der Waals surface area contributed by atoms with E-state index in [1.807, 2.05) is 91.9 Å². The summed E-state index contributed by atoms with van der Waals surface area (Å²) in [6.07, 6.45) is 0. The maximum atomic E-state index is 13.6. The van der Waals surface area contributed by atoms with Gasteiger partial charge in [0.2, 0.25) is 0 Å². The molecule has 0 spiro atoms. The minimum absolute atomic E-state index is 0.0412. The third-order valence-electron chi connectivity index (χ3n) is 4.64. The first-order valence-electron chi connectivity index (χ1n) is 8.72. The zero-order chi connectivity index (χ0) is 18.1. The number of rotatable bonds is 3. The van der Waals surface area contributed by atoms with Gasteiger partial charge in [0, 0.05) is 17.4 Å². The third kappa shape index (κ3) is 2.72. The average Bonchev–Trinajstić information content (AvgIpc) is 2.68. The minimum atomic E-state index is -0.257. The van der Waals surface area contributed by atoms with E-state index in [9.17, 15) is 4.79 Å². The number of nitrogens with two attached hydrogens (primary N) is 1. The molecule has 4 aromatic rings. The largest absolute Gasteiger partial charge is 0.323 e. The number of aromatic nitrogens is 1. The van der Waals surface area contributed by atoms with Crippen molar-refractivity contribution in [1.29, 1.82) is 0 Å². The Morgan fingerprint density at radius 1 is 0.846 bits per heavy atom. The number of fused-ring (bicyclic) bond motifs is 1. The van der Waals surface area contributed by atoms with Gasteiger partial charge in [-0.15, -0.1) is 0 Å². The lowest BCUT2D eigenvalue weighted by atomic mass is 9.98. The quantitative estimate of drug-likeness (QED) is 0.589. The molecule has 26 heavy (non-hydrogen) atoms. The van der Waals surface area contributed by atoms with Crippen molar-refractivity contribution in [2.24, 2.45) is 5.73 Å². The minimum Gasteiger partial charge on any atom is -0.323 e. The predicted octanol–water partition coefficient (Wildman–Crippen LogP) is 4.68. The van der Waals surface area contributed by atoms with Crippen LogP contribution in [-0.2, 0) is 0 Å². The van der Waals surface area contributed by atoms with Crippen molar-refractivity contribution in [3.05, 3.63) is 101 Å². The Morgan fingerprint density at radius 3 is 2.15 bits per heavy atom. The summed E-state index contributed by atoms with van der Waals surface area (Å²) in [6.45, 7) is 1.90. The highest BCUT2D eigenvalue weighted by molar-refractivity contribution is 5.96. The van der Waals surface area contributed by atoms with E-state index in [0.717, 1.165) is 27.9 Å². The number of benzene rings is 3. The Labute approximate surface area is 152 Å². The van der Waals surface area contributed by atoms with Gasteiger partial charge in [0.25, 0.3) is 5.56 Å². The second-order valence-electron chi connectivity index (χ2n) is 6.47. The van der Waals surface area contributed by atoms with E-state index in [1.165, 1.54) is 0 Å². The maximum absolute atomic E-state index is 13.6. The fourth-order valence-electron chi connectivity index (χ4n) is 3.42. The Kier molecular flexibility index (Phi) is 4.15. The summed E-state index contributed by atoms with van der Waals surface area (Å²) < 4.78 is 1.74. The van der Waals surface area contributed by atoms with Crippen molar-refractivity contribution in [2.45, 2.75) is 13.0 Å². The third-order valence-corrected chi connectivity index (χ3v) is 4.64. The molecule has 1 atom stereocenters. The molecule has 1 unspecified atom stereocenters. The summed E-state index contributed by atoms with van der Waals surface area (Å²) in [5.74, 6) is 0. The monoisotopic (exact) mass is 340 g/mol. The van der Waals surface area contributed by atoms with Gasteiger partial charge in [-0.3, -0.25) is 9.36 Å². The van der Waals surface area contributed by atoms with Gasteiger partial charge in [-0.05, 0) is 41.6 Å². The van der Waals surface area contributed by atoms with Crippen molar-refractivity contribution >= 4 is 10.8 Å². The average molecular weight is 340 g/mol. The van der Waals surface area contributed by atoms with Crippen LogP contribution in [0.3, 0.4) is 0 Å². The van der Waals surface area contributed by atoms with Crippen LogP contribution in [0.15, 0.2) is 89.7 Å². The zero-order valence-corrected chi connectivity index (χ0v) is 14.6. The number of para-hydroxylation sites is 1. The number of hydrogen-bond acceptors (Lipinski definition) is 2. The molecule has 1 aromatic heterocycles. The number of pyridine rings is 1. The molecule has 1 heterocycles. The Bertz CT molecular complexity index is 1110. The molecule has 128 valence electrons. The fraction of sp³-hybridized carbons (Fsp3) is 0.0870. The van der Waals surface area contributed by atoms with Crippen LogP contribution in [0, 0.1) is 0 Å². The predicted molar refractivity (Wildman–Crippen MR) is 108 cm³/mol. The Morgan fingerprint density at radius 2 is 1.50 bits per heavy atom. The highest BCUT2D eigenvalue weighted by Crippen LogP contribution is 2.28. The smallest absolute Gasteiger partial charge is 0.263 e. The molecule has 3 aromatic carbocycles. The molecule has 0 radical (unpaired) electrons. The van der Waals surface area contributed by atoms with E-state index >= 15 is 0 Å². The van der Waals surface area contributed by atoms with Crippen LogP contribution in [0.2, 0.25) is 0 Å². The normalized spacial score (nSPS) is 12.2. The van der Waals surface area contributed by atoms with Gasteiger partial charge in [-0.2, -0.15) is 0 Å². The molecular weight excluding hydrogens is 320 g/mol. The van der Waals surface area contributed by atoms with Crippen LogP contribution < -0.4 is 11.3 Å². The van der Waals surface area contributed by atoms with Crippen LogP contribution in [0.4, 0.5) is 0 Å². The molecule has 0 aliphatic rings. The molecule has 0 bridgehead atoms. The van der Waals surface area contributed by atoms with E-state index in [1.54, 1.807) is 4.57 Å². The molecule has 0 amide bonds. The highest BCUT2D eigenvalue weighted by atomic mass is 16.1. The van der Waals surface area contributed by atoms with Crippen LogP contribution >= 0.6 is 0 Å². The van der Waals surface area contributed by atoms with E-state index < -0.39 is 0 Å². The number of hydrogen-bond donors (Lipinski definition) is 1. The van der Waals surface area contributed by atoms with E-state index in [-0.39, 0.29) is 11.6 Å². The summed E-state index contributed by atoms with van der Waals surface area (Å²) in [5, 5.41) is 1.63. The summed E-state index contributed by atoms with van der Waals surface area (Å²) in [5.41, 5.74) is 9.76. The summed E-state index contributed by atoms with van der Waals surface area (Å²) in [6, 6.07) is 27.4. The van der Waals surface area contributed by atoms with Crippen LogP contribution in [-0.4, -0.2) is 4.57 Å². The van der Waals surface area contributed by atoms with Gasteiger partial charge < -0.3 is 5.73 Å². The van der Waals surface area contributed by atoms with Crippen molar-refractivity contribution in [2.75, 3.05) is 0 Å². The molecule has 0 aliphatic carbocycles. The topological polar surface area (TPSA) is 48.0 Å². The lowest BCUT2D eigenvalue weighted by molar-refractivity contribution is 0.734. The molecule has 0 saturated carbocycles. The van der Waals surface area contributed by atoms with Crippen molar-refractivity contribution in [3.63, 3.8) is 0 Å². The fourth-order valence-corrected chi connectivity index (χ4v) is 3.42. The molecule has 0 fully saturated rings. The second kappa shape index (κ2) is 6.62. The molecule has 2 N–H and O–H groups in total. The first-order valence-corrected chi connectivity index (χ1v) is 8.72. The Hall–Kier alpha value is -3.17. The van der Waals surface area contributed by atoms with Gasteiger partial charge in [0.15, 0.2) is 0 Å². The van der Waals surface area contributed by atoms with E-state index in [0.29, 0.717) is 5.39 Å². The van der Waals surface area contributed by atoms with Gasteiger partial charge >= 0.3 is 0 Å². The maximum Gasteiger partial charge on any atom is 0.263 e. The number of nitrogens with zero attached hydrogens (tertiary/aromatic N) is 1. The van der Waals surface area contributed by atoms with Gasteiger partial charge in [0.1, 0.15) is 0 Å². The highest BCUT2D eigenvalue weighted by Gasteiger charge is 2.16. The van der Waals surface area contributed by atoms with Crippen molar-refractivity contribution < 1.29 is 0 Å². The first-order chi connectivity index (χ1) is 12.7. The van der Waals surface area contributed by atoms with Crippen LogP contribution in [0.25, 0.3) is 27.6 Å². The summed E-state index contributed by atoms with van der Waals surface area (Å²) >= 11 is 0. The molecule has 3 nitrogen and oxygen atoms in total. The van der Waals surface area contributed by atoms with Crippen LogP contribution in [0.1, 0.15) is 18.7 Å². The summed E-state index contributed by atoms with van der Waals surface area (Å²) in [7, 11) is 0. The first kappa shape index (κ1) is 16.3. The summed E-state index contributed by atoms with van der Waals surface area (Å²) in [4.78, 5) is 13.6. The van der Waals surface area contributed by atoms with Crippen LogP contribution in [0.5, 0.6) is 0 Å².